The molecule has 0 atom stereocenters. The van der Waals surface area contributed by atoms with E-state index in [4.69, 9.17) is 9.47 Å². The number of aromatic amines is 1. The molecule has 0 aliphatic carbocycles. The van der Waals surface area contributed by atoms with Gasteiger partial charge >= 0.3 is 0 Å². The zero-order valence-electron chi connectivity index (χ0n) is 12.1. The molecule has 5 heteroatoms. The molecule has 2 rings (SSSR count). The Bertz CT molecular complexity index is 662. The van der Waals surface area contributed by atoms with E-state index >= 15 is 0 Å². The molecule has 0 spiro atoms. The molecular weight excluding hydrogens is 256 g/mol. The molecule has 0 bridgehead atoms. The highest BCUT2D eigenvalue weighted by molar-refractivity contribution is 5.71. The summed E-state index contributed by atoms with van der Waals surface area (Å²) in [5.74, 6) is 1.97. The third kappa shape index (κ3) is 2.66. The van der Waals surface area contributed by atoms with Gasteiger partial charge in [0.1, 0.15) is 5.82 Å². The lowest BCUT2D eigenvalue weighted by Gasteiger charge is -2.13. The van der Waals surface area contributed by atoms with Crippen LogP contribution in [0.3, 0.4) is 0 Å². The summed E-state index contributed by atoms with van der Waals surface area (Å²) < 4.78 is 10.7. The molecule has 0 aliphatic heterocycles. The number of methoxy groups -OCH3 is 2. The normalized spacial score (nSPS) is 10.7. The molecule has 5 nitrogen and oxygen atoms in total. The lowest BCUT2D eigenvalue weighted by molar-refractivity contribution is 0.356. The molecule has 0 fully saturated rings. The third-order valence-corrected chi connectivity index (χ3v) is 2.99. The van der Waals surface area contributed by atoms with E-state index in [-0.39, 0.29) is 11.5 Å². The Balaban J connectivity index is 2.65. The number of nitrogens with one attached hydrogen (secondary N) is 1. The average molecular weight is 274 g/mol. The van der Waals surface area contributed by atoms with Crippen LogP contribution in [0.15, 0.2) is 29.1 Å². The standard InChI is InChI=1S/C15H18N2O3/c1-9(2)15-16-11(8-13(18)17-15)10-6-5-7-12(19-3)14(10)20-4/h5-9H,1-4H3,(H,16,17,18). The minimum Gasteiger partial charge on any atom is -0.493 e. The van der Waals surface area contributed by atoms with Gasteiger partial charge in [0, 0.05) is 17.5 Å². The number of nitrogens with zero attached hydrogens (tertiary/aromatic N) is 1. The van der Waals surface area contributed by atoms with Crippen molar-refractivity contribution in [3.05, 3.63) is 40.4 Å². The van der Waals surface area contributed by atoms with E-state index in [1.54, 1.807) is 20.3 Å². The van der Waals surface area contributed by atoms with Crippen molar-refractivity contribution in [3.8, 4) is 22.8 Å². The summed E-state index contributed by atoms with van der Waals surface area (Å²) >= 11 is 0. The fourth-order valence-corrected chi connectivity index (χ4v) is 1.98. The molecule has 1 N–H and O–H groups in total. The lowest BCUT2D eigenvalue weighted by Crippen LogP contribution is -2.12. The van der Waals surface area contributed by atoms with Gasteiger partial charge in [-0.2, -0.15) is 0 Å². The van der Waals surface area contributed by atoms with Gasteiger partial charge in [-0.15, -0.1) is 0 Å². The van der Waals surface area contributed by atoms with Gasteiger partial charge in [-0.1, -0.05) is 19.9 Å². The predicted octanol–water partition coefficient (Wildman–Crippen LogP) is 2.58. The van der Waals surface area contributed by atoms with Crippen LogP contribution in [-0.2, 0) is 0 Å². The Labute approximate surface area is 117 Å². The van der Waals surface area contributed by atoms with Crippen molar-refractivity contribution in [2.75, 3.05) is 14.2 Å². The quantitative estimate of drug-likeness (QED) is 0.930. The minimum absolute atomic E-state index is 0.138. The molecule has 0 unspecified atom stereocenters. The monoisotopic (exact) mass is 274 g/mol. The van der Waals surface area contributed by atoms with Crippen molar-refractivity contribution in [2.24, 2.45) is 0 Å². The molecule has 1 aromatic heterocycles. The molecule has 0 amide bonds. The van der Waals surface area contributed by atoms with Gasteiger partial charge in [0.25, 0.3) is 5.56 Å². The number of rotatable bonds is 4. The Morgan fingerprint density at radius 1 is 1.20 bits per heavy atom. The summed E-state index contributed by atoms with van der Waals surface area (Å²) in [5.41, 5.74) is 1.14. The average Bonchev–Trinajstić information content (AvgIpc) is 2.45. The number of aromatic nitrogens is 2. The highest BCUT2D eigenvalue weighted by Gasteiger charge is 2.14. The minimum atomic E-state index is -0.177. The van der Waals surface area contributed by atoms with Gasteiger partial charge in [-0.3, -0.25) is 4.79 Å². The number of H-pyrrole nitrogens is 1. The molecule has 0 radical (unpaired) electrons. The fraction of sp³-hybridized carbons (Fsp3) is 0.333. The summed E-state index contributed by atoms with van der Waals surface area (Å²) in [6.45, 7) is 3.95. The van der Waals surface area contributed by atoms with Crippen molar-refractivity contribution in [1.29, 1.82) is 0 Å². The van der Waals surface area contributed by atoms with Crippen LogP contribution < -0.4 is 15.0 Å². The molecule has 1 aromatic carbocycles. The molecule has 0 saturated carbocycles. The molecule has 2 aromatic rings. The molecule has 20 heavy (non-hydrogen) atoms. The van der Waals surface area contributed by atoms with E-state index in [1.807, 2.05) is 26.0 Å². The first-order chi connectivity index (χ1) is 9.56. The smallest absolute Gasteiger partial charge is 0.251 e. The van der Waals surface area contributed by atoms with Gasteiger partial charge in [-0.05, 0) is 12.1 Å². The summed E-state index contributed by atoms with van der Waals surface area (Å²) in [6.07, 6.45) is 0. The van der Waals surface area contributed by atoms with Gasteiger partial charge < -0.3 is 14.5 Å². The van der Waals surface area contributed by atoms with Crippen LogP contribution in [-0.4, -0.2) is 24.2 Å². The topological polar surface area (TPSA) is 64.2 Å². The number of benzene rings is 1. The number of ether oxygens (including phenoxy) is 2. The molecular formula is C15H18N2O3. The molecule has 0 aliphatic rings. The first-order valence-electron chi connectivity index (χ1n) is 6.39. The van der Waals surface area contributed by atoms with Crippen molar-refractivity contribution in [3.63, 3.8) is 0 Å². The van der Waals surface area contributed by atoms with Gasteiger partial charge in [0.2, 0.25) is 0 Å². The van der Waals surface area contributed by atoms with Crippen LogP contribution in [0, 0.1) is 0 Å². The third-order valence-electron chi connectivity index (χ3n) is 2.99. The van der Waals surface area contributed by atoms with Gasteiger partial charge in [0.15, 0.2) is 11.5 Å². The van der Waals surface area contributed by atoms with Crippen molar-refractivity contribution >= 4 is 0 Å². The maximum Gasteiger partial charge on any atom is 0.251 e. The Morgan fingerprint density at radius 3 is 2.55 bits per heavy atom. The Kier molecular flexibility index (Phi) is 4.08. The summed E-state index contributed by atoms with van der Waals surface area (Å²) in [7, 11) is 3.14. The number of hydrogen-bond donors (Lipinski definition) is 1. The van der Waals surface area contributed by atoms with E-state index in [1.165, 1.54) is 6.07 Å². The van der Waals surface area contributed by atoms with E-state index in [2.05, 4.69) is 9.97 Å². The predicted molar refractivity (Wildman–Crippen MR) is 77.5 cm³/mol. The molecule has 0 saturated heterocycles. The zero-order chi connectivity index (χ0) is 14.7. The maximum atomic E-state index is 11.8. The second kappa shape index (κ2) is 5.77. The van der Waals surface area contributed by atoms with Crippen LogP contribution >= 0.6 is 0 Å². The van der Waals surface area contributed by atoms with Crippen molar-refractivity contribution < 1.29 is 9.47 Å². The lowest BCUT2D eigenvalue weighted by atomic mass is 10.1. The highest BCUT2D eigenvalue weighted by atomic mass is 16.5. The molecule has 1 heterocycles. The van der Waals surface area contributed by atoms with Crippen LogP contribution in [0.4, 0.5) is 0 Å². The summed E-state index contributed by atoms with van der Waals surface area (Å²) in [4.78, 5) is 19.0. The van der Waals surface area contributed by atoms with Crippen LogP contribution in [0.25, 0.3) is 11.3 Å². The fourth-order valence-electron chi connectivity index (χ4n) is 1.98. The zero-order valence-corrected chi connectivity index (χ0v) is 12.1. The Morgan fingerprint density at radius 2 is 1.95 bits per heavy atom. The van der Waals surface area contributed by atoms with E-state index < -0.39 is 0 Å². The highest BCUT2D eigenvalue weighted by Crippen LogP contribution is 2.36. The summed E-state index contributed by atoms with van der Waals surface area (Å²) in [5, 5.41) is 0. The van der Waals surface area contributed by atoms with Gasteiger partial charge in [0.05, 0.1) is 19.9 Å². The SMILES string of the molecule is COc1cccc(-c2cc(=O)[nH]c(C(C)C)n2)c1OC. The van der Waals surface area contributed by atoms with Crippen molar-refractivity contribution in [1.82, 2.24) is 9.97 Å². The van der Waals surface area contributed by atoms with Crippen LogP contribution in [0.1, 0.15) is 25.6 Å². The van der Waals surface area contributed by atoms with Crippen LogP contribution in [0.2, 0.25) is 0 Å². The first-order valence-corrected chi connectivity index (χ1v) is 6.39. The van der Waals surface area contributed by atoms with E-state index in [0.717, 1.165) is 5.56 Å². The second-order valence-electron chi connectivity index (χ2n) is 4.71. The Hall–Kier alpha value is -2.30. The number of para-hydroxylation sites is 1. The van der Waals surface area contributed by atoms with Gasteiger partial charge in [-0.25, -0.2) is 4.98 Å². The van der Waals surface area contributed by atoms with E-state index in [0.29, 0.717) is 23.0 Å². The first kappa shape index (κ1) is 14.1. The van der Waals surface area contributed by atoms with Crippen LogP contribution in [0.5, 0.6) is 11.5 Å². The van der Waals surface area contributed by atoms with E-state index in [9.17, 15) is 4.79 Å². The second-order valence-corrected chi connectivity index (χ2v) is 4.71. The van der Waals surface area contributed by atoms with Crippen molar-refractivity contribution in [2.45, 2.75) is 19.8 Å². The largest absolute Gasteiger partial charge is 0.493 e. The maximum absolute atomic E-state index is 11.8. The molecule has 106 valence electrons. The summed E-state index contributed by atoms with van der Waals surface area (Å²) in [6, 6.07) is 6.96. The number of hydrogen-bond acceptors (Lipinski definition) is 4.